The molecule has 1 atom stereocenters. The number of rotatable bonds is 0. The van der Waals surface area contributed by atoms with E-state index in [9.17, 15) is 0 Å². The molecule has 80 valence electrons. The molecule has 1 aliphatic rings. The summed E-state index contributed by atoms with van der Waals surface area (Å²) in [7, 11) is 0. The summed E-state index contributed by atoms with van der Waals surface area (Å²) in [5.41, 5.74) is 4.40. The number of hydrogen-bond acceptors (Lipinski definition) is 1. The second-order valence-corrected chi connectivity index (χ2v) is 5.49. The van der Waals surface area contributed by atoms with Crippen molar-refractivity contribution in [2.75, 3.05) is 0 Å². The molecule has 0 amide bonds. The molecule has 0 fully saturated rings. The molecule has 0 aliphatic carbocycles. The molecule has 0 saturated carbocycles. The molecule has 0 N–H and O–H groups in total. The molecule has 1 aromatic rings. The standard InChI is InChI=1S/C14H19N/c1-10-7-12-8-13(14(2,3)4)6-5-11(12)9-15-10/h5-6,8-10H,7H2,1-4H3. The van der Waals surface area contributed by atoms with Crippen molar-refractivity contribution in [2.45, 2.75) is 45.6 Å². The molecule has 1 heteroatoms. The average Bonchev–Trinajstić information content (AvgIpc) is 2.15. The topological polar surface area (TPSA) is 12.4 Å². The first kappa shape index (κ1) is 10.4. The van der Waals surface area contributed by atoms with Gasteiger partial charge in [-0.15, -0.1) is 0 Å². The van der Waals surface area contributed by atoms with E-state index in [4.69, 9.17) is 0 Å². The van der Waals surface area contributed by atoms with Crippen LogP contribution < -0.4 is 0 Å². The van der Waals surface area contributed by atoms with E-state index in [-0.39, 0.29) is 5.41 Å². The Labute approximate surface area is 92.2 Å². The van der Waals surface area contributed by atoms with Crippen LogP contribution in [-0.4, -0.2) is 12.3 Å². The predicted molar refractivity (Wildman–Crippen MR) is 65.9 cm³/mol. The third kappa shape index (κ3) is 2.11. The van der Waals surface area contributed by atoms with Gasteiger partial charge in [0.25, 0.3) is 0 Å². The molecule has 2 rings (SSSR count). The van der Waals surface area contributed by atoms with E-state index in [0.29, 0.717) is 6.04 Å². The van der Waals surface area contributed by atoms with Crippen LogP contribution in [0.4, 0.5) is 0 Å². The Kier molecular flexibility index (Phi) is 2.41. The van der Waals surface area contributed by atoms with Gasteiger partial charge in [-0.2, -0.15) is 0 Å². The summed E-state index contributed by atoms with van der Waals surface area (Å²) in [5.74, 6) is 0. The molecule has 0 saturated heterocycles. The lowest BCUT2D eigenvalue weighted by Crippen LogP contribution is -2.16. The largest absolute Gasteiger partial charge is 0.289 e. The van der Waals surface area contributed by atoms with Crippen LogP contribution in [0, 0.1) is 0 Å². The Bertz CT molecular complexity index is 396. The molecule has 1 unspecified atom stereocenters. The van der Waals surface area contributed by atoms with E-state index in [1.165, 1.54) is 16.7 Å². The van der Waals surface area contributed by atoms with Gasteiger partial charge >= 0.3 is 0 Å². The SMILES string of the molecule is CC1Cc2cc(C(C)(C)C)ccc2C=N1. The van der Waals surface area contributed by atoms with Crippen molar-refractivity contribution in [1.29, 1.82) is 0 Å². The number of hydrogen-bond donors (Lipinski definition) is 0. The fourth-order valence-corrected chi connectivity index (χ4v) is 1.95. The quantitative estimate of drug-likeness (QED) is 0.610. The van der Waals surface area contributed by atoms with E-state index in [2.05, 4.69) is 50.9 Å². The minimum Gasteiger partial charge on any atom is -0.289 e. The van der Waals surface area contributed by atoms with Crippen LogP contribution in [0.2, 0.25) is 0 Å². The molecule has 0 radical (unpaired) electrons. The lowest BCUT2D eigenvalue weighted by atomic mass is 9.84. The van der Waals surface area contributed by atoms with Crippen LogP contribution in [0.5, 0.6) is 0 Å². The first-order valence-corrected chi connectivity index (χ1v) is 5.63. The van der Waals surface area contributed by atoms with Gasteiger partial charge in [0.15, 0.2) is 0 Å². The second kappa shape index (κ2) is 3.48. The monoisotopic (exact) mass is 201 g/mol. The fraction of sp³-hybridized carbons (Fsp3) is 0.500. The van der Waals surface area contributed by atoms with E-state index in [1.54, 1.807) is 0 Å². The van der Waals surface area contributed by atoms with Gasteiger partial charge in [0.2, 0.25) is 0 Å². The zero-order valence-electron chi connectivity index (χ0n) is 10.0. The summed E-state index contributed by atoms with van der Waals surface area (Å²) in [6.45, 7) is 8.95. The average molecular weight is 201 g/mol. The van der Waals surface area contributed by atoms with E-state index >= 15 is 0 Å². The van der Waals surface area contributed by atoms with Gasteiger partial charge in [0.1, 0.15) is 0 Å². The molecule has 0 aromatic heterocycles. The van der Waals surface area contributed by atoms with Crippen molar-refractivity contribution in [1.82, 2.24) is 0 Å². The van der Waals surface area contributed by atoms with Crippen LogP contribution in [-0.2, 0) is 11.8 Å². The maximum absolute atomic E-state index is 4.44. The zero-order valence-corrected chi connectivity index (χ0v) is 10.0. The number of benzene rings is 1. The molecule has 0 bridgehead atoms. The molecular weight excluding hydrogens is 182 g/mol. The van der Waals surface area contributed by atoms with Gasteiger partial charge in [-0.3, -0.25) is 4.99 Å². The van der Waals surface area contributed by atoms with Crippen LogP contribution in [0.1, 0.15) is 44.4 Å². The maximum atomic E-state index is 4.44. The van der Waals surface area contributed by atoms with E-state index in [0.717, 1.165) is 6.42 Å². The van der Waals surface area contributed by atoms with Crippen molar-refractivity contribution in [3.8, 4) is 0 Å². The summed E-state index contributed by atoms with van der Waals surface area (Å²) in [6.07, 6.45) is 3.09. The molecule has 1 heterocycles. The van der Waals surface area contributed by atoms with Gasteiger partial charge in [0.05, 0.1) is 6.04 Å². The Morgan fingerprint density at radius 3 is 2.67 bits per heavy atom. The lowest BCUT2D eigenvalue weighted by molar-refractivity contribution is 0.588. The molecule has 1 aromatic carbocycles. The number of nitrogens with zero attached hydrogens (tertiary/aromatic N) is 1. The highest BCUT2D eigenvalue weighted by atomic mass is 14.8. The van der Waals surface area contributed by atoms with Gasteiger partial charge in [-0.1, -0.05) is 39.0 Å². The first-order valence-electron chi connectivity index (χ1n) is 5.63. The Hall–Kier alpha value is -1.11. The second-order valence-electron chi connectivity index (χ2n) is 5.49. The van der Waals surface area contributed by atoms with E-state index < -0.39 is 0 Å². The Morgan fingerprint density at radius 1 is 1.27 bits per heavy atom. The van der Waals surface area contributed by atoms with Crippen LogP contribution in [0.3, 0.4) is 0 Å². The summed E-state index contributed by atoms with van der Waals surface area (Å²) in [5, 5.41) is 0. The fourth-order valence-electron chi connectivity index (χ4n) is 1.95. The van der Waals surface area contributed by atoms with E-state index in [1.807, 2.05) is 6.21 Å². The molecule has 1 nitrogen and oxygen atoms in total. The summed E-state index contributed by atoms with van der Waals surface area (Å²) in [4.78, 5) is 4.44. The normalized spacial score (nSPS) is 20.1. The maximum Gasteiger partial charge on any atom is 0.0512 e. The highest BCUT2D eigenvalue weighted by Crippen LogP contribution is 2.26. The minimum atomic E-state index is 0.243. The van der Waals surface area contributed by atoms with Gasteiger partial charge < -0.3 is 0 Å². The van der Waals surface area contributed by atoms with Crippen molar-refractivity contribution < 1.29 is 0 Å². The third-order valence-electron chi connectivity index (χ3n) is 2.99. The lowest BCUT2D eigenvalue weighted by Gasteiger charge is -2.22. The van der Waals surface area contributed by atoms with Crippen molar-refractivity contribution >= 4 is 6.21 Å². The third-order valence-corrected chi connectivity index (χ3v) is 2.99. The highest BCUT2D eigenvalue weighted by molar-refractivity contribution is 5.83. The smallest absolute Gasteiger partial charge is 0.0512 e. The Morgan fingerprint density at radius 2 is 2.00 bits per heavy atom. The molecule has 1 aliphatic heterocycles. The first-order chi connectivity index (χ1) is 6.97. The van der Waals surface area contributed by atoms with Crippen LogP contribution in [0.15, 0.2) is 23.2 Å². The van der Waals surface area contributed by atoms with Crippen molar-refractivity contribution in [2.24, 2.45) is 4.99 Å². The van der Waals surface area contributed by atoms with Gasteiger partial charge in [0, 0.05) is 6.21 Å². The zero-order chi connectivity index (χ0) is 11.1. The number of fused-ring (bicyclic) bond motifs is 1. The van der Waals surface area contributed by atoms with Crippen molar-refractivity contribution in [3.63, 3.8) is 0 Å². The van der Waals surface area contributed by atoms with Gasteiger partial charge in [-0.25, -0.2) is 0 Å². The van der Waals surface area contributed by atoms with Crippen molar-refractivity contribution in [3.05, 3.63) is 34.9 Å². The Balaban J connectivity index is 2.43. The molecular formula is C14H19N. The van der Waals surface area contributed by atoms with Crippen LogP contribution >= 0.6 is 0 Å². The van der Waals surface area contributed by atoms with Gasteiger partial charge in [-0.05, 0) is 35.4 Å². The number of aliphatic imine (C=N–C) groups is 1. The highest BCUT2D eigenvalue weighted by Gasteiger charge is 2.17. The molecule has 15 heavy (non-hydrogen) atoms. The predicted octanol–water partition coefficient (Wildman–Crippen LogP) is 3.35. The summed E-state index contributed by atoms with van der Waals surface area (Å²) < 4.78 is 0. The summed E-state index contributed by atoms with van der Waals surface area (Å²) >= 11 is 0. The van der Waals surface area contributed by atoms with Crippen LogP contribution in [0.25, 0.3) is 0 Å². The molecule has 0 spiro atoms. The summed E-state index contributed by atoms with van der Waals surface area (Å²) in [6, 6.07) is 7.20. The minimum absolute atomic E-state index is 0.243.